The van der Waals surface area contributed by atoms with Crippen molar-refractivity contribution in [2.45, 2.75) is 0 Å². The topological polar surface area (TPSA) is 201 Å². The largest absolute Gasteiger partial charge is 0.479 e. The number of carbonyl (C=O) groups is 3. The minimum atomic E-state index is -1.42. The van der Waals surface area contributed by atoms with E-state index in [2.05, 4.69) is 25.6 Å². The molecule has 0 aliphatic carbocycles. The van der Waals surface area contributed by atoms with Crippen LogP contribution in [0.4, 0.5) is 23.3 Å². The molecule has 0 fully saturated rings. The monoisotopic (exact) mass is 410 g/mol. The molecular formula is C18H14N6O6. The Morgan fingerprint density at radius 2 is 1.30 bits per heavy atom. The van der Waals surface area contributed by atoms with E-state index in [1.807, 2.05) is 0 Å². The Hall–Kier alpha value is -4.74. The molecule has 0 aliphatic rings. The second-order valence-corrected chi connectivity index (χ2v) is 5.84. The highest BCUT2D eigenvalue weighted by molar-refractivity contribution is 6.02. The van der Waals surface area contributed by atoms with Gasteiger partial charge in [0.15, 0.2) is 0 Å². The van der Waals surface area contributed by atoms with Crippen molar-refractivity contribution in [1.82, 2.24) is 15.0 Å². The first kappa shape index (κ1) is 20.0. The molecule has 0 saturated carbocycles. The van der Waals surface area contributed by atoms with E-state index < -0.39 is 29.4 Å². The van der Waals surface area contributed by atoms with Crippen molar-refractivity contribution in [2.75, 3.05) is 10.6 Å². The molecule has 0 spiro atoms. The second kappa shape index (κ2) is 8.10. The molecule has 12 nitrogen and oxygen atoms in total. The molecule has 0 unspecified atom stereocenters. The third kappa shape index (κ3) is 4.56. The number of aromatic carboxylic acids is 2. The van der Waals surface area contributed by atoms with Gasteiger partial charge in [-0.2, -0.15) is 15.0 Å². The lowest BCUT2D eigenvalue weighted by Gasteiger charge is -2.10. The maximum Gasteiger partial charge on any atom is 0.336 e. The zero-order valence-corrected chi connectivity index (χ0v) is 15.0. The predicted molar refractivity (Wildman–Crippen MR) is 103 cm³/mol. The van der Waals surface area contributed by atoms with E-state index in [1.165, 1.54) is 18.2 Å². The highest BCUT2D eigenvalue weighted by Crippen LogP contribution is 2.22. The molecule has 0 bridgehead atoms. The molecule has 2 aromatic carbocycles. The molecule has 0 atom stereocenters. The molecule has 0 aliphatic heterocycles. The fourth-order valence-electron chi connectivity index (χ4n) is 2.44. The molecule has 152 valence electrons. The van der Waals surface area contributed by atoms with Gasteiger partial charge >= 0.3 is 17.9 Å². The summed E-state index contributed by atoms with van der Waals surface area (Å²) >= 11 is 0. The molecule has 3 rings (SSSR count). The number of aromatic nitrogens is 3. The number of hydrogen-bond donors (Lipinski definition) is 6. The van der Waals surface area contributed by atoms with Crippen LogP contribution in [0.5, 0.6) is 6.01 Å². The summed E-state index contributed by atoms with van der Waals surface area (Å²) in [6.07, 6.45) is 0. The Morgan fingerprint density at radius 3 is 1.83 bits per heavy atom. The van der Waals surface area contributed by atoms with Crippen molar-refractivity contribution >= 4 is 41.1 Å². The first-order valence-electron chi connectivity index (χ1n) is 8.22. The van der Waals surface area contributed by atoms with Gasteiger partial charge < -0.3 is 31.7 Å². The number of nitrogens with one attached hydrogen (secondary N) is 2. The Morgan fingerprint density at radius 1 is 0.767 bits per heavy atom. The van der Waals surface area contributed by atoms with E-state index in [-0.39, 0.29) is 23.1 Å². The van der Waals surface area contributed by atoms with Gasteiger partial charge in [0.05, 0.1) is 11.1 Å². The number of carboxylic acid groups (broad SMARTS) is 2. The van der Waals surface area contributed by atoms with Crippen LogP contribution in [0, 0.1) is 0 Å². The number of amides is 1. The quantitative estimate of drug-likeness (QED) is 0.330. The van der Waals surface area contributed by atoms with E-state index in [9.17, 15) is 24.6 Å². The summed E-state index contributed by atoms with van der Waals surface area (Å²) in [5, 5.41) is 33.5. The molecule has 7 N–H and O–H groups in total. The van der Waals surface area contributed by atoms with Crippen LogP contribution in [0.3, 0.4) is 0 Å². The summed E-state index contributed by atoms with van der Waals surface area (Å²) in [6, 6.07) is 9.01. The second-order valence-electron chi connectivity index (χ2n) is 5.84. The Balaban J connectivity index is 1.85. The fourth-order valence-corrected chi connectivity index (χ4v) is 2.44. The number of carboxylic acids is 2. The summed E-state index contributed by atoms with van der Waals surface area (Å²) in [5.74, 6) is -3.56. The first-order chi connectivity index (χ1) is 14.2. The summed E-state index contributed by atoms with van der Waals surface area (Å²) in [5.41, 5.74) is 5.35. The zero-order valence-electron chi connectivity index (χ0n) is 15.0. The van der Waals surface area contributed by atoms with Crippen LogP contribution < -0.4 is 16.4 Å². The minimum absolute atomic E-state index is 0.0440. The van der Waals surface area contributed by atoms with Crippen molar-refractivity contribution in [2.24, 2.45) is 5.73 Å². The maximum atomic E-state index is 11.3. The van der Waals surface area contributed by atoms with Crippen LogP contribution in [0.1, 0.15) is 31.1 Å². The van der Waals surface area contributed by atoms with Gasteiger partial charge in [0.1, 0.15) is 0 Å². The first-order valence-corrected chi connectivity index (χ1v) is 8.22. The standard InChI is InChI=1S/C18H14N6O6/c19-13(25)8-1-3-9(4-2-8)20-16-22-17(24-18(30)23-16)21-10-5-6-11(14(26)27)12(7-10)15(28)29/h1-7H,(H2,19,25)(H,26,27)(H,28,29)(H3,20,21,22,23,24,30). The van der Waals surface area contributed by atoms with Crippen molar-refractivity contribution < 1.29 is 29.7 Å². The molecular weight excluding hydrogens is 396 g/mol. The summed E-state index contributed by atoms with van der Waals surface area (Å²) in [7, 11) is 0. The number of carbonyl (C=O) groups excluding carboxylic acids is 1. The van der Waals surface area contributed by atoms with Crippen molar-refractivity contribution in [3.63, 3.8) is 0 Å². The van der Waals surface area contributed by atoms with Gasteiger partial charge in [0.2, 0.25) is 17.8 Å². The molecule has 1 amide bonds. The highest BCUT2D eigenvalue weighted by atomic mass is 16.4. The zero-order chi connectivity index (χ0) is 21.8. The maximum absolute atomic E-state index is 11.3. The average molecular weight is 410 g/mol. The van der Waals surface area contributed by atoms with Crippen molar-refractivity contribution in [1.29, 1.82) is 0 Å². The van der Waals surface area contributed by atoms with Gasteiger partial charge in [0, 0.05) is 16.9 Å². The summed E-state index contributed by atoms with van der Waals surface area (Å²) in [6.45, 7) is 0. The number of nitrogens with two attached hydrogens (primary N) is 1. The third-order valence-corrected chi connectivity index (χ3v) is 3.79. The lowest BCUT2D eigenvalue weighted by molar-refractivity contribution is 0.0651. The Kier molecular flexibility index (Phi) is 5.40. The highest BCUT2D eigenvalue weighted by Gasteiger charge is 2.17. The van der Waals surface area contributed by atoms with E-state index in [4.69, 9.17) is 10.8 Å². The van der Waals surface area contributed by atoms with E-state index in [0.717, 1.165) is 12.1 Å². The number of benzene rings is 2. The van der Waals surface area contributed by atoms with Crippen LogP contribution in [0.15, 0.2) is 42.5 Å². The molecule has 0 saturated heterocycles. The number of hydrogen-bond acceptors (Lipinski definition) is 9. The molecule has 1 heterocycles. The Bertz CT molecular complexity index is 1150. The number of anilines is 4. The molecule has 0 radical (unpaired) electrons. The van der Waals surface area contributed by atoms with Crippen LogP contribution in [-0.2, 0) is 0 Å². The van der Waals surface area contributed by atoms with Gasteiger partial charge in [-0.05, 0) is 42.5 Å². The number of nitrogens with zero attached hydrogens (tertiary/aromatic N) is 3. The number of aromatic hydroxyl groups is 1. The van der Waals surface area contributed by atoms with Crippen LogP contribution in [0.2, 0.25) is 0 Å². The lowest BCUT2D eigenvalue weighted by atomic mass is 10.1. The molecule has 3 aromatic rings. The molecule has 12 heteroatoms. The van der Waals surface area contributed by atoms with Crippen molar-refractivity contribution in [3.8, 4) is 6.01 Å². The van der Waals surface area contributed by atoms with E-state index >= 15 is 0 Å². The normalized spacial score (nSPS) is 10.3. The average Bonchev–Trinajstić information content (AvgIpc) is 2.67. The number of rotatable bonds is 7. The minimum Gasteiger partial charge on any atom is -0.479 e. The van der Waals surface area contributed by atoms with Gasteiger partial charge in [0.25, 0.3) is 0 Å². The predicted octanol–water partition coefficient (Wildman–Crippen LogP) is 1.56. The summed E-state index contributed by atoms with van der Waals surface area (Å²) < 4.78 is 0. The molecule has 30 heavy (non-hydrogen) atoms. The van der Waals surface area contributed by atoms with Crippen LogP contribution in [0.25, 0.3) is 0 Å². The number of primary amides is 1. The molecule has 1 aromatic heterocycles. The van der Waals surface area contributed by atoms with Crippen LogP contribution >= 0.6 is 0 Å². The van der Waals surface area contributed by atoms with Crippen LogP contribution in [-0.4, -0.2) is 48.1 Å². The van der Waals surface area contributed by atoms with E-state index in [1.54, 1.807) is 12.1 Å². The lowest BCUT2D eigenvalue weighted by Crippen LogP contribution is -2.10. The Labute approximate surface area is 168 Å². The van der Waals surface area contributed by atoms with E-state index in [0.29, 0.717) is 11.3 Å². The van der Waals surface area contributed by atoms with Gasteiger partial charge in [-0.3, -0.25) is 4.79 Å². The SMILES string of the molecule is NC(=O)c1ccc(Nc2nc(O)nc(Nc3ccc(C(=O)O)c(C(=O)O)c3)n2)cc1. The van der Waals surface area contributed by atoms with Gasteiger partial charge in [-0.25, -0.2) is 9.59 Å². The smallest absolute Gasteiger partial charge is 0.336 e. The third-order valence-electron chi connectivity index (χ3n) is 3.79. The summed E-state index contributed by atoms with van der Waals surface area (Å²) in [4.78, 5) is 45.0. The van der Waals surface area contributed by atoms with Gasteiger partial charge in [-0.15, -0.1) is 0 Å². The van der Waals surface area contributed by atoms with Gasteiger partial charge in [-0.1, -0.05) is 0 Å². The fraction of sp³-hybridized carbons (Fsp3) is 0. The van der Waals surface area contributed by atoms with Crippen molar-refractivity contribution in [3.05, 3.63) is 59.2 Å².